The molecule has 0 aromatic carbocycles. The highest BCUT2D eigenvalue weighted by molar-refractivity contribution is 6.31. The Hall–Kier alpha value is -1.00. The van der Waals surface area contributed by atoms with Crippen molar-refractivity contribution in [2.24, 2.45) is 18.7 Å². The number of amides is 1. The molecule has 1 aliphatic carbocycles. The third kappa shape index (κ3) is 2.48. The first-order chi connectivity index (χ1) is 7.96. The van der Waals surface area contributed by atoms with Crippen molar-refractivity contribution in [2.45, 2.75) is 25.3 Å². The number of halogens is 1. The fourth-order valence-electron chi connectivity index (χ4n) is 2.11. The molecule has 0 spiro atoms. The Labute approximate surface area is 106 Å². The number of carbonyl (C=O) groups is 1. The van der Waals surface area contributed by atoms with Gasteiger partial charge in [-0.15, -0.1) is 0 Å². The van der Waals surface area contributed by atoms with E-state index in [9.17, 15) is 4.79 Å². The van der Waals surface area contributed by atoms with Crippen molar-refractivity contribution in [3.05, 3.63) is 23.0 Å². The Kier molecular flexibility index (Phi) is 3.19. The quantitative estimate of drug-likeness (QED) is 0.857. The van der Waals surface area contributed by atoms with E-state index < -0.39 is 0 Å². The summed E-state index contributed by atoms with van der Waals surface area (Å²) in [6.07, 6.45) is 4.00. The number of aryl methyl sites for hydroxylation is 1. The lowest BCUT2D eigenvalue weighted by Gasteiger charge is -2.29. The molecular formula is C12H18ClN3O. The monoisotopic (exact) mass is 255 g/mol. The fourth-order valence-corrected chi connectivity index (χ4v) is 2.36. The molecule has 1 aromatic heterocycles. The number of carbonyl (C=O) groups excluding carboxylic acids is 1. The fraction of sp³-hybridized carbons (Fsp3) is 0.583. The molecule has 1 unspecified atom stereocenters. The predicted octanol–water partition coefficient (Wildman–Crippen LogP) is 1.54. The number of hydrogen-bond donors (Lipinski definition) is 2. The third-order valence-electron chi connectivity index (χ3n) is 3.51. The molecule has 1 atom stereocenters. The summed E-state index contributed by atoms with van der Waals surface area (Å²) in [5.41, 5.74) is 6.04. The average molecular weight is 256 g/mol. The summed E-state index contributed by atoms with van der Waals surface area (Å²) in [4.78, 5) is 12.1. The molecule has 1 heterocycles. The van der Waals surface area contributed by atoms with Gasteiger partial charge in [0.2, 0.25) is 0 Å². The van der Waals surface area contributed by atoms with Gasteiger partial charge in [0.1, 0.15) is 5.69 Å². The van der Waals surface area contributed by atoms with Crippen LogP contribution in [0.3, 0.4) is 0 Å². The highest BCUT2D eigenvalue weighted by Crippen LogP contribution is 2.39. The standard InChI is InChI=1S/C12H18ClN3O/c1-12(7-14,8-3-4-8)15-11(17)10-5-9(13)6-16(10)2/h5-6,8H,3-4,7,14H2,1-2H3,(H,15,17). The van der Waals surface area contributed by atoms with Crippen LogP contribution in [0.5, 0.6) is 0 Å². The van der Waals surface area contributed by atoms with Crippen LogP contribution in [0.25, 0.3) is 0 Å². The SMILES string of the molecule is Cn1cc(Cl)cc1C(=O)NC(C)(CN)C1CC1. The van der Waals surface area contributed by atoms with E-state index >= 15 is 0 Å². The summed E-state index contributed by atoms with van der Waals surface area (Å²) in [6, 6.07) is 1.67. The van der Waals surface area contributed by atoms with Gasteiger partial charge in [-0.3, -0.25) is 4.79 Å². The summed E-state index contributed by atoms with van der Waals surface area (Å²) in [5.74, 6) is 0.395. The third-order valence-corrected chi connectivity index (χ3v) is 3.71. The van der Waals surface area contributed by atoms with E-state index in [-0.39, 0.29) is 11.4 Å². The maximum atomic E-state index is 12.1. The number of nitrogens with one attached hydrogen (secondary N) is 1. The van der Waals surface area contributed by atoms with Crippen molar-refractivity contribution in [1.82, 2.24) is 9.88 Å². The van der Waals surface area contributed by atoms with Gasteiger partial charge in [0.25, 0.3) is 5.91 Å². The molecule has 2 rings (SSSR count). The van der Waals surface area contributed by atoms with Gasteiger partial charge < -0.3 is 15.6 Å². The van der Waals surface area contributed by atoms with E-state index in [2.05, 4.69) is 5.32 Å². The van der Waals surface area contributed by atoms with E-state index in [1.807, 2.05) is 6.92 Å². The number of nitrogens with two attached hydrogens (primary N) is 1. The zero-order valence-corrected chi connectivity index (χ0v) is 10.9. The molecule has 94 valence electrons. The minimum atomic E-state index is -0.298. The predicted molar refractivity (Wildman–Crippen MR) is 68.1 cm³/mol. The number of rotatable bonds is 4. The lowest BCUT2D eigenvalue weighted by atomic mass is 9.96. The van der Waals surface area contributed by atoms with E-state index in [0.717, 1.165) is 12.8 Å². The molecular weight excluding hydrogens is 238 g/mol. The van der Waals surface area contributed by atoms with Crippen LogP contribution < -0.4 is 11.1 Å². The maximum Gasteiger partial charge on any atom is 0.268 e. The van der Waals surface area contributed by atoms with Gasteiger partial charge in [0.15, 0.2) is 0 Å². The smallest absolute Gasteiger partial charge is 0.268 e. The minimum Gasteiger partial charge on any atom is -0.345 e. The second kappa shape index (κ2) is 4.35. The van der Waals surface area contributed by atoms with Crippen LogP contribution in [0.15, 0.2) is 12.3 Å². The van der Waals surface area contributed by atoms with E-state index in [4.69, 9.17) is 17.3 Å². The second-order valence-corrected chi connectivity index (χ2v) is 5.44. The van der Waals surface area contributed by atoms with Crippen molar-refractivity contribution in [3.8, 4) is 0 Å². The second-order valence-electron chi connectivity index (χ2n) is 5.00. The van der Waals surface area contributed by atoms with Crippen LogP contribution in [0.4, 0.5) is 0 Å². The zero-order chi connectivity index (χ0) is 12.6. The van der Waals surface area contributed by atoms with Crippen LogP contribution >= 0.6 is 11.6 Å². The molecule has 0 bridgehead atoms. The Balaban J connectivity index is 2.13. The zero-order valence-electron chi connectivity index (χ0n) is 10.2. The van der Waals surface area contributed by atoms with Gasteiger partial charge in [-0.1, -0.05) is 11.6 Å². The topological polar surface area (TPSA) is 60.0 Å². The summed E-state index contributed by atoms with van der Waals surface area (Å²) >= 11 is 5.86. The van der Waals surface area contributed by atoms with Gasteiger partial charge in [-0.05, 0) is 31.7 Å². The van der Waals surface area contributed by atoms with Gasteiger partial charge in [0, 0.05) is 19.8 Å². The Morgan fingerprint density at radius 2 is 2.35 bits per heavy atom. The Morgan fingerprint density at radius 3 is 2.76 bits per heavy atom. The minimum absolute atomic E-state index is 0.112. The summed E-state index contributed by atoms with van der Waals surface area (Å²) < 4.78 is 1.72. The summed E-state index contributed by atoms with van der Waals surface area (Å²) in [5, 5.41) is 3.60. The van der Waals surface area contributed by atoms with Crippen molar-refractivity contribution in [2.75, 3.05) is 6.54 Å². The van der Waals surface area contributed by atoms with Gasteiger partial charge >= 0.3 is 0 Å². The first kappa shape index (κ1) is 12.5. The molecule has 0 aliphatic heterocycles. The highest BCUT2D eigenvalue weighted by Gasteiger charge is 2.41. The van der Waals surface area contributed by atoms with Crippen molar-refractivity contribution in [3.63, 3.8) is 0 Å². The van der Waals surface area contributed by atoms with Crippen LogP contribution in [-0.2, 0) is 7.05 Å². The van der Waals surface area contributed by atoms with Gasteiger partial charge in [-0.2, -0.15) is 0 Å². The molecule has 0 radical (unpaired) electrons. The maximum absolute atomic E-state index is 12.1. The van der Waals surface area contributed by atoms with Crippen LogP contribution in [0, 0.1) is 5.92 Å². The molecule has 1 aliphatic rings. The van der Waals surface area contributed by atoms with Crippen LogP contribution in [0.1, 0.15) is 30.3 Å². The average Bonchev–Trinajstić information content (AvgIpc) is 3.05. The molecule has 3 N–H and O–H groups in total. The summed E-state index contributed by atoms with van der Waals surface area (Å²) in [7, 11) is 1.80. The first-order valence-electron chi connectivity index (χ1n) is 5.81. The van der Waals surface area contributed by atoms with Crippen LogP contribution in [0.2, 0.25) is 5.02 Å². The molecule has 1 amide bonds. The van der Waals surface area contributed by atoms with Gasteiger partial charge in [-0.25, -0.2) is 0 Å². The van der Waals surface area contributed by atoms with Crippen molar-refractivity contribution in [1.29, 1.82) is 0 Å². The molecule has 1 fully saturated rings. The molecule has 0 saturated heterocycles. The van der Waals surface area contributed by atoms with Crippen molar-refractivity contribution >= 4 is 17.5 Å². The molecule has 17 heavy (non-hydrogen) atoms. The normalized spacial score (nSPS) is 18.8. The Bertz CT molecular complexity index is 439. The van der Waals surface area contributed by atoms with Crippen molar-refractivity contribution < 1.29 is 4.79 Å². The van der Waals surface area contributed by atoms with E-state index in [1.165, 1.54) is 0 Å². The number of hydrogen-bond acceptors (Lipinski definition) is 2. The van der Waals surface area contributed by atoms with Crippen LogP contribution in [-0.4, -0.2) is 22.6 Å². The molecule has 1 saturated carbocycles. The molecule has 4 nitrogen and oxygen atoms in total. The van der Waals surface area contributed by atoms with E-state index in [1.54, 1.807) is 23.9 Å². The largest absolute Gasteiger partial charge is 0.345 e. The Morgan fingerprint density at radius 1 is 1.71 bits per heavy atom. The number of aromatic nitrogens is 1. The van der Waals surface area contributed by atoms with Gasteiger partial charge in [0.05, 0.1) is 10.6 Å². The first-order valence-corrected chi connectivity index (χ1v) is 6.18. The summed E-state index contributed by atoms with van der Waals surface area (Å²) in [6.45, 7) is 2.47. The lowest BCUT2D eigenvalue weighted by Crippen LogP contribution is -2.53. The molecule has 5 heteroatoms. The molecule has 1 aromatic rings. The lowest BCUT2D eigenvalue weighted by molar-refractivity contribution is 0.0889. The highest BCUT2D eigenvalue weighted by atomic mass is 35.5. The van der Waals surface area contributed by atoms with E-state index in [0.29, 0.717) is 23.2 Å². The number of nitrogens with zero attached hydrogens (tertiary/aromatic N) is 1.